The van der Waals surface area contributed by atoms with Gasteiger partial charge in [0.25, 0.3) is 0 Å². The van der Waals surface area contributed by atoms with E-state index in [0.717, 1.165) is 5.69 Å². The highest BCUT2D eigenvalue weighted by Gasteiger charge is 2.19. The molecule has 1 atom stereocenters. The number of rotatable bonds is 0. The monoisotopic (exact) mass is 261 g/mol. The molecule has 0 bridgehead atoms. The molecule has 1 unspecified atom stereocenters. The van der Waals surface area contributed by atoms with Crippen LogP contribution in [0.3, 0.4) is 0 Å². The number of anilines is 1. The maximum absolute atomic E-state index is 13.5. The first-order valence-corrected chi connectivity index (χ1v) is 4.98. The first-order valence-electron chi connectivity index (χ1n) is 3.75. The molecule has 2 rings (SSSR count). The second kappa shape index (κ2) is 3.31. The molecule has 0 amide bonds. The Morgan fingerprint density at radius 1 is 1.46 bits per heavy atom. The van der Waals surface area contributed by atoms with Crippen LogP contribution in [0, 0.1) is 5.82 Å². The Labute approximate surface area is 88.7 Å². The molecular formula is C9H6BrClFN. The second-order valence-electron chi connectivity index (χ2n) is 2.73. The van der Waals surface area contributed by atoms with E-state index in [9.17, 15) is 4.39 Å². The number of benzene rings is 1. The molecule has 4 heteroatoms. The third-order valence-corrected chi connectivity index (χ3v) is 2.89. The van der Waals surface area contributed by atoms with Crippen LogP contribution in [0.1, 0.15) is 10.9 Å². The van der Waals surface area contributed by atoms with Crippen LogP contribution in [0.25, 0.3) is 0 Å². The zero-order valence-electron chi connectivity index (χ0n) is 6.52. The summed E-state index contributed by atoms with van der Waals surface area (Å²) in [6.07, 6.45) is 3.42. The SMILES string of the molecule is Fc1c(Br)ccc2c1C(Cl)C=CN2. The molecule has 0 saturated carbocycles. The minimum atomic E-state index is -0.395. The van der Waals surface area contributed by atoms with Crippen molar-refractivity contribution in [3.05, 3.63) is 40.3 Å². The Hall–Kier alpha value is -0.540. The van der Waals surface area contributed by atoms with Crippen LogP contribution in [0.5, 0.6) is 0 Å². The Bertz CT molecular complexity index is 378. The Morgan fingerprint density at radius 2 is 2.23 bits per heavy atom. The van der Waals surface area contributed by atoms with Crippen LogP contribution in [0.2, 0.25) is 0 Å². The Morgan fingerprint density at radius 3 is 3.00 bits per heavy atom. The summed E-state index contributed by atoms with van der Waals surface area (Å²) >= 11 is 9.05. The normalized spacial score (nSPS) is 19.5. The summed E-state index contributed by atoms with van der Waals surface area (Å²) in [5.41, 5.74) is 1.22. The molecular weight excluding hydrogens is 256 g/mol. The molecule has 1 N–H and O–H groups in total. The van der Waals surface area contributed by atoms with Crippen molar-refractivity contribution in [2.45, 2.75) is 5.38 Å². The maximum Gasteiger partial charge on any atom is 0.144 e. The van der Waals surface area contributed by atoms with Crippen LogP contribution in [-0.4, -0.2) is 0 Å². The Kier molecular flexibility index (Phi) is 2.30. The number of hydrogen-bond acceptors (Lipinski definition) is 1. The molecule has 1 heterocycles. The molecule has 0 fully saturated rings. The molecule has 0 radical (unpaired) electrons. The minimum absolute atomic E-state index is 0.297. The first-order chi connectivity index (χ1) is 6.20. The van der Waals surface area contributed by atoms with Gasteiger partial charge in [0.2, 0.25) is 0 Å². The van der Waals surface area contributed by atoms with Crippen LogP contribution in [0.15, 0.2) is 28.9 Å². The molecule has 1 aromatic carbocycles. The number of fused-ring (bicyclic) bond motifs is 1. The van der Waals surface area contributed by atoms with Crippen LogP contribution < -0.4 is 5.32 Å². The molecule has 1 aliphatic rings. The summed E-state index contributed by atoms with van der Waals surface area (Å²) in [4.78, 5) is 0. The van der Waals surface area contributed by atoms with Crippen molar-refractivity contribution in [3.63, 3.8) is 0 Å². The van der Waals surface area contributed by atoms with E-state index in [1.807, 2.05) is 0 Å². The van der Waals surface area contributed by atoms with E-state index < -0.39 is 5.38 Å². The van der Waals surface area contributed by atoms with E-state index in [1.165, 1.54) is 0 Å². The van der Waals surface area contributed by atoms with Gasteiger partial charge in [0.15, 0.2) is 0 Å². The van der Waals surface area contributed by atoms with Gasteiger partial charge in [-0.3, -0.25) is 0 Å². The highest BCUT2D eigenvalue weighted by atomic mass is 79.9. The molecule has 1 aromatic rings. The van der Waals surface area contributed by atoms with Gasteiger partial charge >= 0.3 is 0 Å². The van der Waals surface area contributed by atoms with Crippen molar-refractivity contribution in [1.29, 1.82) is 0 Å². The van der Waals surface area contributed by atoms with Gasteiger partial charge in [-0.1, -0.05) is 0 Å². The fraction of sp³-hybridized carbons (Fsp3) is 0.111. The van der Waals surface area contributed by atoms with E-state index in [-0.39, 0.29) is 5.82 Å². The first kappa shape index (κ1) is 9.03. The third-order valence-electron chi connectivity index (χ3n) is 1.91. The van der Waals surface area contributed by atoms with Gasteiger partial charge in [0, 0.05) is 11.3 Å². The van der Waals surface area contributed by atoms with Crippen LogP contribution >= 0.6 is 27.5 Å². The zero-order valence-corrected chi connectivity index (χ0v) is 8.86. The van der Waals surface area contributed by atoms with Crippen LogP contribution in [-0.2, 0) is 0 Å². The van der Waals surface area contributed by atoms with E-state index in [2.05, 4.69) is 21.2 Å². The van der Waals surface area contributed by atoms with Gasteiger partial charge in [0.1, 0.15) is 5.82 Å². The van der Waals surface area contributed by atoms with Crippen molar-refractivity contribution >= 4 is 33.2 Å². The van der Waals surface area contributed by atoms with E-state index in [4.69, 9.17) is 11.6 Å². The van der Waals surface area contributed by atoms with Crippen molar-refractivity contribution < 1.29 is 4.39 Å². The van der Waals surface area contributed by atoms with Gasteiger partial charge in [-0.25, -0.2) is 4.39 Å². The minimum Gasteiger partial charge on any atom is -0.362 e. The second-order valence-corrected chi connectivity index (χ2v) is 4.05. The van der Waals surface area contributed by atoms with E-state index in [0.29, 0.717) is 10.0 Å². The number of alkyl halides is 1. The summed E-state index contributed by atoms with van der Waals surface area (Å²) in [6.45, 7) is 0. The van der Waals surface area contributed by atoms with E-state index in [1.54, 1.807) is 24.4 Å². The fourth-order valence-corrected chi connectivity index (χ4v) is 1.91. The van der Waals surface area contributed by atoms with Crippen molar-refractivity contribution in [3.8, 4) is 0 Å². The highest BCUT2D eigenvalue weighted by molar-refractivity contribution is 9.10. The lowest BCUT2D eigenvalue weighted by Gasteiger charge is -2.18. The molecule has 0 saturated heterocycles. The van der Waals surface area contributed by atoms with Gasteiger partial charge < -0.3 is 5.32 Å². The lowest BCUT2D eigenvalue weighted by Crippen LogP contribution is -2.05. The molecule has 1 nitrogen and oxygen atoms in total. The third kappa shape index (κ3) is 1.46. The summed E-state index contributed by atoms with van der Waals surface area (Å²) in [5, 5.41) is 2.54. The predicted octanol–water partition coefficient (Wildman–Crippen LogP) is 3.81. The van der Waals surface area contributed by atoms with Crippen molar-refractivity contribution in [2.24, 2.45) is 0 Å². The van der Waals surface area contributed by atoms with E-state index >= 15 is 0 Å². The molecule has 68 valence electrons. The molecule has 1 aliphatic heterocycles. The number of halogens is 3. The molecule has 0 aliphatic carbocycles. The topological polar surface area (TPSA) is 12.0 Å². The van der Waals surface area contributed by atoms with Crippen molar-refractivity contribution in [1.82, 2.24) is 0 Å². The summed E-state index contributed by atoms with van der Waals surface area (Å²) in [5.74, 6) is -0.297. The fourth-order valence-electron chi connectivity index (χ4n) is 1.28. The molecule has 13 heavy (non-hydrogen) atoms. The van der Waals surface area contributed by atoms with Gasteiger partial charge in [-0.15, -0.1) is 11.6 Å². The average Bonchev–Trinajstić information content (AvgIpc) is 2.12. The van der Waals surface area contributed by atoms with Gasteiger partial charge in [0.05, 0.1) is 9.85 Å². The van der Waals surface area contributed by atoms with Crippen LogP contribution in [0.4, 0.5) is 10.1 Å². The number of allylic oxidation sites excluding steroid dienone is 1. The summed E-state index contributed by atoms with van der Waals surface area (Å²) < 4.78 is 14.0. The smallest absolute Gasteiger partial charge is 0.144 e. The molecule has 0 aromatic heterocycles. The quantitative estimate of drug-likeness (QED) is 0.701. The molecule has 0 spiro atoms. The number of nitrogens with one attached hydrogen (secondary N) is 1. The number of hydrogen-bond donors (Lipinski definition) is 1. The predicted molar refractivity (Wildman–Crippen MR) is 55.5 cm³/mol. The average molecular weight is 263 g/mol. The van der Waals surface area contributed by atoms with Gasteiger partial charge in [-0.2, -0.15) is 0 Å². The van der Waals surface area contributed by atoms with Gasteiger partial charge in [-0.05, 0) is 40.3 Å². The largest absolute Gasteiger partial charge is 0.362 e. The zero-order chi connectivity index (χ0) is 9.42. The highest BCUT2D eigenvalue weighted by Crippen LogP contribution is 2.37. The lowest BCUT2D eigenvalue weighted by molar-refractivity contribution is 0.607. The maximum atomic E-state index is 13.5. The summed E-state index contributed by atoms with van der Waals surface area (Å²) in [7, 11) is 0. The standard InChI is InChI=1S/C9H6BrClFN/c10-5-1-2-7-8(9(5)12)6(11)3-4-13-7/h1-4,6,13H. The van der Waals surface area contributed by atoms with Crippen molar-refractivity contribution in [2.75, 3.05) is 5.32 Å². The Balaban J connectivity index is 2.63. The summed E-state index contributed by atoms with van der Waals surface area (Å²) in [6, 6.07) is 3.45. The lowest BCUT2D eigenvalue weighted by atomic mass is 10.1.